The van der Waals surface area contributed by atoms with Gasteiger partial charge in [0.1, 0.15) is 0 Å². The summed E-state index contributed by atoms with van der Waals surface area (Å²) in [5.74, 6) is 0.959. The molecule has 0 amide bonds. The van der Waals surface area contributed by atoms with Gasteiger partial charge in [-0.25, -0.2) is 0 Å². The van der Waals surface area contributed by atoms with Crippen LogP contribution in [0.5, 0.6) is 0 Å². The van der Waals surface area contributed by atoms with E-state index in [0.29, 0.717) is 5.54 Å². The molecule has 0 aromatic heterocycles. The number of rotatable bonds is 7. The third-order valence-electron chi connectivity index (χ3n) is 5.58. The Morgan fingerprint density at radius 1 is 1.11 bits per heavy atom. The minimum Gasteiger partial charge on any atom is -0.329 e. The summed E-state index contributed by atoms with van der Waals surface area (Å²) in [5, 5.41) is 0. The van der Waals surface area contributed by atoms with E-state index in [9.17, 15) is 0 Å². The molecule has 0 bridgehead atoms. The summed E-state index contributed by atoms with van der Waals surface area (Å²) in [4.78, 5) is 2.84. The Morgan fingerprint density at radius 3 is 2.47 bits per heavy atom. The number of nitrogens with zero attached hydrogens (tertiary/aromatic N) is 1. The SMILES string of the molecule is CCCCN(C1CC1)C1(CN)CCCC(CC)CC1. The highest BCUT2D eigenvalue weighted by Gasteiger charge is 2.43. The van der Waals surface area contributed by atoms with Crippen LogP contribution in [0.15, 0.2) is 0 Å². The van der Waals surface area contributed by atoms with Crippen LogP contribution in [0.4, 0.5) is 0 Å². The Morgan fingerprint density at radius 2 is 1.89 bits per heavy atom. The van der Waals surface area contributed by atoms with E-state index < -0.39 is 0 Å². The van der Waals surface area contributed by atoms with Gasteiger partial charge >= 0.3 is 0 Å². The molecular weight excluding hydrogens is 232 g/mol. The van der Waals surface area contributed by atoms with Crippen molar-refractivity contribution in [3.63, 3.8) is 0 Å². The molecule has 2 heteroatoms. The third kappa shape index (κ3) is 3.72. The molecule has 2 nitrogen and oxygen atoms in total. The van der Waals surface area contributed by atoms with Crippen molar-refractivity contribution in [2.45, 2.75) is 89.6 Å². The second-order valence-corrected chi connectivity index (χ2v) is 6.91. The molecule has 2 rings (SSSR count). The molecule has 0 saturated heterocycles. The standard InChI is InChI=1S/C17H34N2/c1-3-5-13-19(16-8-9-16)17(14-18)11-6-7-15(4-2)10-12-17/h15-16H,3-14,18H2,1-2H3. The van der Waals surface area contributed by atoms with Gasteiger partial charge in [0.25, 0.3) is 0 Å². The van der Waals surface area contributed by atoms with Crippen molar-refractivity contribution in [2.75, 3.05) is 13.1 Å². The molecule has 2 unspecified atom stereocenters. The molecule has 2 atom stereocenters. The van der Waals surface area contributed by atoms with Crippen LogP contribution in [-0.4, -0.2) is 29.6 Å². The zero-order valence-corrected chi connectivity index (χ0v) is 13.2. The molecule has 2 aliphatic carbocycles. The van der Waals surface area contributed by atoms with Crippen LogP contribution in [0.2, 0.25) is 0 Å². The Hall–Kier alpha value is -0.0800. The zero-order valence-electron chi connectivity index (χ0n) is 13.2. The van der Waals surface area contributed by atoms with E-state index in [1.165, 1.54) is 70.8 Å². The predicted molar refractivity (Wildman–Crippen MR) is 83.3 cm³/mol. The normalized spacial score (nSPS) is 32.5. The first kappa shape index (κ1) is 15.3. The molecule has 112 valence electrons. The van der Waals surface area contributed by atoms with Crippen LogP contribution >= 0.6 is 0 Å². The van der Waals surface area contributed by atoms with Gasteiger partial charge < -0.3 is 5.73 Å². The lowest BCUT2D eigenvalue weighted by atomic mass is 9.86. The van der Waals surface area contributed by atoms with Crippen LogP contribution < -0.4 is 5.73 Å². The average Bonchev–Trinajstić information content (AvgIpc) is 3.26. The van der Waals surface area contributed by atoms with Crippen molar-refractivity contribution >= 4 is 0 Å². The molecule has 0 radical (unpaired) electrons. The molecule has 0 heterocycles. The molecule has 0 spiro atoms. The monoisotopic (exact) mass is 266 g/mol. The van der Waals surface area contributed by atoms with Crippen molar-refractivity contribution in [1.29, 1.82) is 0 Å². The van der Waals surface area contributed by atoms with E-state index in [4.69, 9.17) is 5.73 Å². The first-order valence-electron chi connectivity index (χ1n) is 8.72. The molecule has 2 saturated carbocycles. The lowest BCUT2D eigenvalue weighted by molar-refractivity contribution is 0.0666. The summed E-state index contributed by atoms with van der Waals surface area (Å²) in [7, 11) is 0. The molecule has 2 fully saturated rings. The Bertz CT molecular complexity index is 262. The van der Waals surface area contributed by atoms with Crippen molar-refractivity contribution in [3.8, 4) is 0 Å². The Balaban J connectivity index is 2.05. The van der Waals surface area contributed by atoms with Crippen molar-refractivity contribution < 1.29 is 0 Å². The van der Waals surface area contributed by atoms with Crippen LogP contribution in [-0.2, 0) is 0 Å². The Labute approximate surface area is 120 Å². The van der Waals surface area contributed by atoms with Gasteiger partial charge in [-0.05, 0) is 51.0 Å². The molecule has 2 N–H and O–H groups in total. The van der Waals surface area contributed by atoms with E-state index in [2.05, 4.69) is 18.7 Å². The summed E-state index contributed by atoms with van der Waals surface area (Å²) >= 11 is 0. The van der Waals surface area contributed by atoms with Gasteiger partial charge in [-0.2, -0.15) is 0 Å². The smallest absolute Gasteiger partial charge is 0.0334 e. The maximum Gasteiger partial charge on any atom is 0.0334 e. The van der Waals surface area contributed by atoms with Gasteiger partial charge in [0.2, 0.25) is 0 Å². The van der Waals surface area contributed by atoms with E-state index >= 15 is 0 Å². The number of hydrogen-bond acceptors (Lipinski definition) is 2. The van der Waals surface area contributed by atoms with Crippen LogP contribution in [0.1, 0.15) is 78.1 Å². The summed E-state index contributed by atoms with van der Waals surface area (Å²) in [5.41, 5.74) is 6.64. The minimum atomic E-state index is 0.347. The number of hydrogen-bond donors (Lipinski definition) is 1. The fourth-order valence-corrected chi connectivity index (χ4v) is 4.00. The maximum absolute atomic E-state index is 6.29. The van der Waals surface area contributed by atoms with Crippen LogP contribution in [0, 0.1) is 5.92 Å². The molecule has 19 heavy (non-hydrogen) atoms. The first-order valence-corrected chi connectivity index (χ1v) is 8.72. The highest BCUT2D eigenvalue weighted by molar-refractivity contribution is 5.00. The van der Waals surface area contributed by atoms with E-state index in [-0.39, 0.29) is 0 Å². The van der Waals surface area contributed by atoms with Gasteiger partial charge in [-0.1, -0.05) is 39.5 Å². The lowest BCUT2D eigenvalue weighted by Crippen LogP contribution is -2.55. The first-order chi connectivity index (χ1) is 9.25. The van der Waals surface area contributed by atoms with Crippen molar-refractivity contribution in [3.05, 3.63) is 0 Å². The van der Waals surface area contributed by atoms with Crippen LogP contribution in [0.25, 0.3) is 0 Å². The average molecular weight is 266 g/mol. The highest BCUT2D eigenvalue weighted by Crippen LogP contribution is 2.41. The van der Waals surface area contributed by atoms with Crippen molar-refractivity contribution in [1.82, 2.24) is 4.90 Å². The minimum absolute atomic E-state index is 0.347. The van der Waals surface area contributed by atoms with Gasteiger partial charge in [0, 0.05) is 18.1 Å². The summed E-state index contributed by atoms with van der Waals surface area (Å²) in [6.07, 6.45) is 13.8. The fourth-order valence-electron chi connectivity index (χ4n) is 4.00. The van der Waals surface area contributed by atoms with Gasteiger partial charge in [-0.15, -0.1) is 0 Å². The highest BCUT2D eigenvalue weighted by atomic mass is 15.3. The summed E-state index contributed by atoms with van der Waals surface area (Å²) < 4.78 is 0. The second kappa shape index (κ2) is 7.08. The van der Waals surface area contributed by atoms with E-state index in [1.807, 2.05) is 0 Å². The molecule has 0 aliphatic heterocycles. The molecule has 0 aromatic rings. The van der Waals surface area contributed by atoms with Gasteiger partial charge in [0.05, 0.1) is 0 Å². The van der Waals surface area contributed by atoms with E-state index in [0.717, 1.165) is 18.5 Å². The zero-order chi connectivity index (χ0) is 13.7. The largest absolute Gasteiger partial charge is 0.329 e. The van der Waals surface area contributed by atoms with Gasteiger partial charge in [-0.3, -0.25) is 4.90 Å². The molecule has 0 aromatic carbocycles. The lowest BCUT2D eigenvalue weighted by Gasteiger charge is -2.44. The number of unbranched alkanes of at least 4 members (excludes halogenated alkanes) is 1. The topological polar surface area (TPSA) is 29.3 Å². The summed E-state index contributed by atoms with van der Waals surface area (Å²) in [6.45, 7) is 6.83. The van der Waals surface area contributed by atoms with Crippen LogP contribution in [0.3, 0.4) is 0 Å². The fraction of sp³-hybridized carbons (Fsp3) is 1.00. The maximum atomic E-state index is 6.29. The summed E-state index contributed by atoms with van der Waals surface area (Å²) in [6, 6.07) is 0.869. The van der Waals surface area contributed by atoms with E-state index in [1.54, 1.807) is 0 Å². The quantitative estimate of drug-likeness (QED) is 0.707. The predicted octanol–water partition coefficient (Wildman–Crippen LogP) is 3.94. The van der Waals surface area contributed by atoms with Gasteiger partial charge in [0.15, 0.2) is 0 Å². The Kier molecular flexibility index (Phi) is 5.70. The molecular formula is C17H34N2. The van der Waals surface area contributed by atoms with Crippen molar-refractivity contribution in [2.24, 2.45) is 11.7 Å². The number of nitrogens with two attached hydrogens (primary N) is 1. The molecule has 2 aliphatic rings. The second-order valence-electron chi connectivity index (χ2n) is 6.91. The third-order valence-corrected chi connectivity index (χ3v) is 5.58.